The third kappa shape index (κ3) is 4.48. The Kier molecular flexibility index (Phi) is 6.19. The molecular weight excluding hydrogens is 330 g/mol. The van der Waals surface area contributed by atoms with E-state index in [1.807, 2.05) is 24.3 Å². The number of methoxy groups -OCH3 is 1. The van der Waals surface area contributed by atoms with Gasteiger partial charge in [0.2, 0.25) is 11.1 Å². The van der Waals surface area contributed by atoms with Gasteiger partial charge in [0.05, 0.1) is 12.9 Å². The molecule has 24 heavy (non-hydrogen) atoms. The molecule has 1 heterocycles. The van der Waals surface area contributed by atoms with Gasteiger partial charge in [0.1, 0.15) is 11.4 Å². The molecule has 128 valence electrons. The number of para-hydroxylation sites is 1. The van der Waals surface area contributed by atoms with E-state index in [0.717, 1.165) is 27.8 Å². The Hall–Kier alpha value is -2.55. The summed E-state index contributed by atoms with van der Waals surface area (Å²) in [6.07, 6.45) is 0.659. The Morgan fingerprint density at radius 1 is 1.38 bits per heavy atom. The fraction of sp³-hybridized carbons (Fsp3) is 0.333. The standard InChI is InChI=1S/C15H19N5O3S/c1-10-14(22)20(16)15(19-18-10)24-9-13(21)17-8-7-11-5-3-4-6-12(11)23-2/h3-6H,7-9,16H2,1-2H3,(H,17,21). The molecule has 1 amide bonds. The first-order valence-electron chi connectivity index (χ1n) is 7.25. The van der Waals surface area contributed by atoms with Gasteiger partial charge in [0.15, 0.2) is 0 Å². The highest BCUT2D eigenvalue weighted by Gasteiger charge is 2.10. The quantitative estimate of drug-likeness (QED) is 0.539. The van der Waals surface area contributed by atoms with Crippen molar-refractivity contribution in [3.8, 4) is 5.75 Å². The van der Waals surface area contributed by atoms with Crippen molar-refractivity contribution in [3.63, 3.8) is 0 Å². The Morgan fingerprint density at radius 3 is 2.88 bits per heavy atom. The predicted octanol–water partition coefficient (Wildman–Crippen LogP) is 0.120. The molecule has 1 aromatic carbocycles. The summed E-state index contributed by atoms with van der Waals surface area (Å²) >= 11 is 1.06. The first-order valence-corrected chi connectivity index (χ1v) is 8.24. The molecule has 3 N–H and O–H groups in total. The highest BCUT2D eigenvalue weighted by molar-refractivity contribution is 7.99. The third-order valence-corrected chi connectivity index (χ3v) is 4.20. The average molecular weight is 349 g/mol. The van der Waals surface area contributed by atoms with Gasteiger partial charge in [0.25, 0.3) is 5.56 Å². The molecule has 0 spiro atoms. The Labute approximate surface area is 143 Å². The van der Waals surface area contributed by atoms with Gasteiger partial charge in [-0.2, -0.15) is 4.68 Å². The van der Waals surface area contributed by atoms with E-state index >= 15 is 0 Å². The van der Waals surface area contributed by atoms with Crippen molar-refractivity contribution in [2.75, 3.05) is 25.3 Å². The first kappa shape index (κ1) is 17.8. The summed E-state index contributed by atoms with van der Waals surface area (Å²) in [6, 6.07) is 7.65. The summed E-state index contributed by atoms with van der Waals surface area (Å²) in [4.78, 5) is 23.5. The van der Waals surface area contributed by atoms with Crippen molar-refractivity contribution in [1.29, 1.82) is 0 Å². The lowest BCUT2D eigenvalue weighted by Gasteiger charge is -2.09. The second-order valence-corrected chi connectivity index (χ2v) is 5.89. The summed E-state index contributed by atoms with van der Waals surface area (Å²) < 4.78 is 6.16. The SMILES string of the molecule is COc1ccccc1CCNC(=O)CSc1nnc(C)c(=O)n1N. The van der Waals surface area contributed by atoms with E-state index in [1.54, 1.807) is 7.11 Å². The van der Waals surface area contributed by atoms with Crippen LogP contribution < -0.4 is 21.5 Å². The molecule has 8 nitrogen and oxygen atoms in total. The second-order valence-electron chi connectivity index (χ2n) is 4.94. The zero-order valence-electron chi connectivity index (χ0n) is 13.5. The Balaban J connectivity index is 1.82. The number of carbonyl (C=O) groups is 1. The van der Waals surface area contributed by atoms with Crippen molar-refractivity contribution in [1.82, 2.24) is 20.2 Å². The Bertz CT molecular complexity index is 778. The molecular formula is C15H19N5O3S. The molecule has 0 aliphatic carbocycles. The van der Waals surface area contributed by atoms with Crippen LogP contribution in [0.25, 0.3) is 0 Å². The average Bonchev–Trinajstić information content (AvgIpc) is 2.59. The van der Waals surface area contributed by atoms with E-state index < -0.39 is 5.56 Å². The van der Waals surface area contributed by atoms with Crippen molar-refractivity contribution in [2.45, 2.75) is 18.5 Å². The van der Waals surface area contributed by atoms with Gasteiger partial charge in [-0.05, 0) is 25.0 Å². The molecule has 0 aliphatic heterocycles. The highest BCUT2D eigenvalue weighted by Crippen LogP contribution is 2.17. The summed E-state index contributed by atoms with van der Waals surface area (Å²) in [5, 5.41) is 10.5. The molecule has 2 rings (SSSR count). The van der Waals surface area contributed by atoms with Crippen molar-refractivity contribution >= 4 is 17.7 Å². The number of aromatic nitrogens is 3. The van der Waals surface area contributed by atoms with E-state index in [9.17, 15) is 9.59 Å². The van der Waals surface area contributed by atoms with E-state index in [2.05, 4.69) is 15.5 Å². The van der Waals surface area contributed by atoms with Crippen LogP contribution in [0.1, 0.15) is 11.3 Å². The summed E-state index contributed by atoms with van der Waals surface area (Å²) in [5.74, 6) is 6.33. The van der Waals surface area contributed by atoms with Gasteiger partial charge in [-0.25, -0.2) is 0 Å². The number of hydrogen-bond acceptors (Lipinski definition) is 7. The molecule has 9 heteroatoms. The van der Waals surface area contributed by atoms with Crippen LogP contribution in [0.15, 0.2) is 34.2 Å². The second kappa shape index (κ2) is 8.34. The third-order valence-electron chi connectivity index (χ3n) is 3.26. The number of hydrogen-bond donors (Lipinski definition) is 2. The maximum absolute atomic E-state index is 11.9. The van der Waals surface area contributed by atoms with Gasteiger partial charge in [-0.3, -0.25) is 9.59 Å². The van der Waals surface area contributed by atoms with E-state index in [0.29, 0.717) is 13.0 Å². The van der Waals surface area contributed by atoms with Gasteiger partial charge < -0.3 is 15.9 Å². The molecule has 0 atom stereocenters. The van der Waals surface area contributed by atoms with Crippen molar-refractivity contribution < 1.29 is 9.53 Å². The first-order chi connectivity index (χ1) is 11.5. The van der Waals surface area contributed by atoms with Crippen LogP contribution in [0.2, 0.25) is 0 Å². The maximum atomic E-state index is 11.9. The number of aryl methyl sites for hydroxylation is 1. The lowest BCUT2D eigenvalue weighted by Crippen LogP contribution is -2.33. The zero-order chi connectivity index (χ0) is 17.5. The number of rotatable bonds is 7. The number of nitrogens with one attached hydrogen (secondary N) is 1. The van der Waals surface area contributed by atoms with Crippen LogP contribution in [0.3, 0.4) is 0 Å². The molecule has 0 fully saturated rings. The molecule has 0 saturated heterocycles. The van der Waals surface area contributed by atoms with E-state index in [1.165, 1.54) is 6.92 Å². The fourth-order valence-corrected chi connectivity index (χ4v) is 2.68. The van der Waals surface area contributed by atoms with Gasteiger partial charge in [0, 0.05) is 6.54 Å². The number of carbonyl (C=O) groups excluding carboxylic acids is 1. The maximum Gasteiger partial charge on any atom is 0.294 e. The van der Waals surface area contributed by atoms with Gasteiger partial charge >= 0.3 is 0 Å². The van der Waals surface area contributed by atoms with Crippen LogP contribution in [-0.4, -0.2) is 40.2 Å². The van der Waals surface area contributed by atoms with Crippen LogP contribution in [0, 0.1) is 6.92 Å². The lowest BCUT2D eigenvalue weighted by atomic mass is 10.1. The minimum absolute atomic E-state index is 0.0975. The number of nitrogens with two attached hydrogens (primary N) is 1. The minimum Gasteiger partial charge on any atom is -0.496 e. The van der Waals surface area contributed by atoms with Crippen molar-refractivity contribution in [2.24, 2.45) is 0 Å². The van der Waals surface area contributed by atoms with Crippen LogP contribution in [-0.2, 0) is 11.2 Å². The monoisotopic (exact) mass is 349 g/mol. The van der Waals surface area contributed by atoms with Gasteiger partial charge in [-0.1, -0.05) is 30.0 Å². The molecule has 1 aromatic heterocycles. The zero-order valence-corrected chi connectivity index (χ0v) is 14.3. The Morgan fingerprint density at radius 2 is 2.12 bits per heavy atom. The van der Waals surface area contributed by atoms with E-state index in [-0.39, 0.29) is 22.5 Å². The number of thioether (sulfide) groups is 1. The van der Waals surface area contributed by atoms with Gasteiger partial charge in [-0.15, -0.1) is 10.2 Å². The largest absolute Gasteiger partial charge is 0.496 e. The lowest BCUT2D eigenvalue weighted by molar-refractivity contribution is -0.118. The number of amides is 1. The van der Waals surface area contributed by atoms with Crippen LogP contribution in [0.4, 0.5) is 0 Å². The molecule has 0 aliphatic rings. The molecule has 0 radical (unpaired) electrons. The normalized spacial score (nSPS) is 10.4. The topological polar surface area (TPSA) is 112 Å². The number of nitrogen functional groups attached to an aromatic ring is 1. The van der Waals surface area contributed by atoms with E-state index in [4.69, 9.17) is 10.6 Å². The smallest absolute Gasteiger partial charge is 0.294 e. The molecule has 0 saturated carbocycles. The predicted molar refractivity (Wildman–Crippen MR) is 91.6 cm³/mol. The number of ether oxygens (including phenoxy) is 1. The van der Waals surface area contributed by atoms with Crippen LogP contribution >= 0.6 is 11.8 Å². The number of nitrogens with zero attached hydrogens (tertiary/aromatic N) is 3. The minimum atomic E-state index is -0.427. The van der Waals surface area contributed by atoms with Crippen LogP contribution in [0.5, 0.6) is 5.75 Å². The summed E-state index contributed by atoms with van der Waals surface area (Å²) in [6.45, 7) is 2.01. The molecule has 0 bridgehead atoms. The molecule has 2 aromatic rings. The summed E-state index contributed by atoms with van der Waals surface area (Å²) in [5.41, 5.74) is 0.806. The fourth-order valence-electron chi connectivity index (χ4n) is 2.00. The van der Waals surface area contributed by atoms with Crippen molar-refractivity contribution in [3.05, 3.63) is 45.9 Å². The number of benzene rings is 1. The summed E-state index contributed by atoms with van der Waals surface area (Å²) in [7, 11) is 1.61. The molecule has 0 unspecified atom stereocenters. The highest BCUT2D eigenvalue weighted by atomic mass is 32.2.